The van der Waals surface area contributed by atoms with E-state index in [0.717, 1.165) is 12.8 Å². The molecule has 1 unspecified atom stereocenters. The summed E-state index contributed by atoms with van der Waals surface area (Å²) in [7, 11) is 0. The van der Waals surface area contributed by atoms with Gasteiger partial charge in [-0.1, -0.05) is 28.1 Å². The lowest BCUT2D eigenvalue weighted by Gasteiger charge is -2.20. The molecular weight excluding hydrogens is 318 g/mol. The second-order valence-electron chi connectivity index (χ2n) is 4.84. The van der Waals surface area contributed by atoms with Crippen molar-refractivity contribution in [3.63, 3.8) is 0 Å². The van der Waals surface area contributed by atoms with Crippen LogP contribution in [0.3, 0.4) is 0 Å². The highest BCUT2D eigenvalue weighted by Gasteiger charge is 2.38. The van der Waals surface area contributed by atoms with Crippen LogP contribution in [0.5, 0.6) is 0 Å². The number of ether oxygens (including phenoxy) is 2. The Balaban J connectivity index is 2.13. The molecule has 5 heteroatoms. The number of allylic oxidation sites excluding steroid dienone is 1. The topological polar surface area (TPSA) is 42.2 Å². The molecule has 0 N–H and O–H groups in total. The molecule has 0 saturated carbocycles. The minimum absolute atomic E-state index is 0.0341. The van der Waals surface area contributed by atoms with Crippen LogP contribution in [0.1, 0.15) is 26.2 Å². The Bertz CT molecular complexity index is 357. The number of alkyl halides is 2. The van der Waals surface area contributed by atoms with Gasteiger partial charge in [-0.3, -0.25) is 0 Å². The van der Waals surface area contributed by atoms with Crippen LogP contribution in [-0.2, 0) is 9.47 Å². The van der Waals surface area contributed by atoms with E-state index in [9.17, 15) is 0 Å². The molecular formula is C13H17BrClNO2. The summed E-state index contributed by atoms with van der Waals surface area (Å²) in [6.07, 6.45) is 5.83. The van der Waals surface area contributed by atoms with Gasteiger partial charge >= 0.3 is 0 Å². The first-order valence-electron chi connectivity index (χ1n) is 6.25. The van der Waals surface area contributed by atoms with Crippen molar-refractivity contribution in [1.82, 2.24) is 0 Å². The van der Waals surface area contributed by atoms with Gasteiger partial charge in [-0.15, -0.1) is 11.6 Å². The molecule has 0 amide bonds. The van der Waals surface area contributed by atoms with Crippen LogP contribution in [0.15, 0.2) is 12.2 Å². The van der Waals surface area contributed by atoms with E-state index in [1.54, 1.807) is 0 Å². The van der Waals surface area contributed by atoms with Gasteiger partial charge in [0.15, 0.2) is 0 Å². The molecule has 2 aliphatic rings. The van der Waals surface area contributed by atoms with E-state index in [4.69, 9.17) is 26.3 Å². The fourth-order valence-corrected chi connectivity index (χ4v) is 3.28. The Hall–Kier alpha value is -0.0800. The van der Waals surface area contributed by atoms with E-state index >= 15 is 0 Å². The van der Waals surface area contributed by atoms with Crippen molar-refractivity contribution in [1.29, 1.82) is 5.26 Å². The summed E-state index contributed by atoms with van der Waals surface area (Å²) >= 11 is 9.95. The van der Waals surface area contributed by atoms with Crippen LogP contribution < -0.4 is 0 Å². The smallest absolute Gasteiger partial charge is 0.147 e. The minimum atomic E-state index is -0.457. The maximum absolute atomic E-state index is 9.12. The minimum Gasteiger partial charge on any atom is -0.372 e. The van der Waals surface area contributed by atoms with Crippen molar-refractivity contribution in [2.75, 3.05) is 0 Å². The summed E-state index contributed by atoms with van der Waals surface area (Å²) in [5.41, 5.74) is 0. The van der Waals surface area contributed by atoms with Gasteiger partial charge in [0, 0.05) is 11.2 Å². The molecule has 0 aromatic carbocycles. The lowest BCUT2D eigenvalue weighted by molar-refractivity contribution is -0.00702. The average molecular weight is 335 g/mol. The summed E-state index contributed by atoms with van der Waals surface area (Å²) in [4.78, 5) is 0.269. The molecule has 2 rings (SSSR count). The zero-order valence-electron chi connectivity index (χ0n) is 10.3. The van der Waals surface area contributed by atoms with Crippen molar-refractivity contribution in [2.24, 2.45) is 0 Å². The maximum atomic E-state index is 9.12. The predicted octanol–water partition coefficient (Wildman–Crippen LogP) is 3.16. The molecule has 1 fully saturated rings. The lowest BCUT2D eigenvalue weighted by Crippen LogP contribution is -2.27. The Morgan fingerprint density at radius 3 is 2.83 bits per heavy atom. The first-order chi connectivity index (χ1) is 8.60. The molecule has 2 heterocycles. The van der Waals surface area contributed by atoms with Crippen molar-refractivity contribution >= 4 is 27.5 Å². The van der Waals surface area contributed by atoms with E-state index in [1.165, 1.54) is 0 Å². The Labute approximate surface area is 121 Å². The first-order valence-corrected chi connectivity index (χ1v) is 7.60. The number of hydrogen-bond donors (Lipinski definition) is 0. The van der Waals surface area contributed by atoms with Gasteiger partial charge in [0.05, 0.1) is 29.8 Å². The zero-order valence-corrected chi connectivity index (χ0v) is 12.6. The van der Waals surface area contributed by atoms with Gasteiger partial charge in [0.25, 0.3) is 0 Å². The van der Waals surface area contributed by atoms with Crippen LogP contribution in [0.2, 0.25) is 0 Å². The molecule has 1 saturated heterocycles. The third kappa shape index (κ3) is 3.48. The highest BCUT2D eigenvalue weighted by atomic mass is 79.9. The summed E-state index contributed by atoms with van der Waals surface area (Å²) in [5.74, 6) is 0. The maximum Gasteiger partial charge on any atom is 0.147 e. The fraction of sp³-hybridized carbons (Fsp3) is 0.769. The third-order valence-electron chi connectivity index (χ3n) is 3.35. The molecule has 2 bridgehead atoms. The van der Waals surface area contributed by atoms with Crippen molar-refractivity contribution in [3.05, 3.63) is 12.2 Å². The van der Waals surface area contributed by atoms with Gasteiger partial charge < -0.3 is 9.47 Å². The van der Waals surface area contributed by atoms with Gasteiger partial charge in [-0.25, -0.2) is 0 Å². The van der Waals surface area contributed by atoms with Gasteiger partial charge in [-0.2, -0.15) is 5.26 Å². The van der Waals surface area contributed by atoms with Gasteiger partial charge in [-0.05, 0) is 19.8 Å². The number of fused-ring (bicyclic) bond motifs is 2. The quantitative estimate of drug-likeness (QED) is 0.505. The van der Waals surface area contributed by atoms with Crippen LogP contribution in [0, 0.1) is 11.3 Å². The molecule has 0 aromatic rings. The molecule has 0 radical (unpaired) electrons. The van der Waals surface area contributed by atoms with Crippen molar-refractivity contribution in [2.45, 2.75) is 60.8 Å². The van der Waals surface area contributed by atoms with Crippen molar-refractivity contribution < 1.29 is 9.47 Å². The monoisotopic (exact) mass is 333 g/mol. The molecule has 6 atom stereocenters. The van der Waals surface area contributed by atoms with Gasteiger partial charge in [0.2, 0.25) is 0 Å². The van der Waals surface area contributed by atoms with Crippen LogP contribution in [0.25, 0.3) is 0 Å². The third-order valence-corrected chi connectivity index (χ3v) is 4.77. The average Bonchev–Trinajstić information content (AvgIpc) is 2.68. The predicted molar refractivity (Wildman–Crippen MR) is 74.0 cm³/mol. The van der Waals surface area contributed by atoms with Crippen molar-refractivity contribution in [3.8, 4) is 6.07 Å². The normalized spacial score (nSPS) is 47.0. The second kappa shape index (κ2) is 6.38. The summed E-state index contributed by atoms with van der Waals surface area (Å²) in [6.45, 7) is 1.94. The highest BCUT2D eigenvalue weighted by molar-refractivity contribution is 9.09. The van der Waals surface area contributed by atoms with Crippen LogP contribution in [-0.4, -0.2) is 34.6 Å². The SMILES string of the molecule is C[C@H]1/C=C/C[C@H](Br)[C@@H]2C[C@@H](Cl)[C@@H](CC(C#N)O1)O2. The Morgan fingerprint density at radius 2 is 2.11 bits per heavy atom. The summed E-state index contributed by atoms with van der Waals surface area (Å²) in [5, 5.41) is 9.08. The molecule has 18 heavy (non-hydrogen) atoms. The molecule has 0 aromatic heterocycles. The van der Waals surface area contributed by atoms with E-state index in [0.29, 0.717) is 6.42 Å². The summed E-state index contributed by atoms with van der Waals surface area (Å²) in [6, 6.07) is 2.18. The zero-order chi connectivity index (χ0) is 13.1. The van der Waals surface area contributed by atoms with E-state index in [1.807, 2.05) is 13.0 Å². The number of halogens is 2. The highest BCUT2D eigenvalue weighted by Crippen LogP contribution is 2.34. The first kappa shape index (κ1) is 14.3. The Kier molecular flexibility index (Phi) is 5.08. The largest absolute Gasteiger partial charge is 0.372 e. The standard InChI is InChI=1S/C13H17BrClNO2/c1-8-3-2-4-10(14)12-6-11(15)13(18-12)5-9(7-16)17-8/h2-3,8-13H,4-6H2,1H3/b3-2+/t8-,9?,10-,11+,12-,13+/m0/s1. The lowest BCUT2D eigenvalue weighted by atomic mass is 10.1. The van der Waals surface area contributed by atoms with E-state index in [2.05, 4.69) is 28.1 Å². The molecule has 100 valence electrons. The fourth-order valence-electron chi connectivity index (χ4n) is 2.38. The molecule has 0 spiro atoms. The van der Waals surface area contributed by atoms with Gasteiger partial charge in [0.1, 0.15) is 6.10 Å². The van der Waals surface area contributed by atoms with E-state index in [-0.39, 0.29) is 28.5 Å². The van der Waals surface area contributed by atoms with Crippen LogP contribution in [0.4, 0.5) is 0 Å². The molecule has 2 aliphatic heterocycles. The number of hydrogen-bond acceptors (Lipinski definition) is 3. The summed E-state index contributed by atoms with van der Waals surface area (Å²) < 4.78 is 11.6. The second-order valence-corrected chi connectivity index (χ2v) is 6.58. The number of nitrogens with zero attached hydrogens (tertiary/aromatic N) is 1. The van der Waals surface area contributed by atoms with E-state index < -0.39 is 6.10 Å². The molecule has 3 nitrogen and oxygen atoms in total. The number of rotatable bonds is 0. The Morgan fingerprint density at radius 1 is 1.33 bits per heavy atom. The molecule has 0 aliphatic carbocycles. The van der Waals surface area contributed by atoms with Crippen LogP contribution >= 0.6 is 27.5 Å². The number of nitriles is 1.